The molecule has 5 heteroatoms. The number of benzene rings is 1. The third kappa shape index (κ3) is 4.35. The van der Waals surface area contributed by atoms with Gasteiger partial charge in [-0.15, -0.1) is 0 Å². The van der Waals surface area contributed by atoms with Crippen LogP contribution in [0.5, 0.6) is 0 Å². The molecule has 0 bridgehead atoms. The van der Waals surface area contributed by atoms with Gasteiger partial charge in [-0.2, -0.15) is 0 Å². The van der Waals surface area contributed by atoms with Crippen molar-refractivity contribution in [3.63, 3.8) is 0 Å². The van der Waals surface area contributed by atoms with Crippen LogP contribution < -0.4 is 5.32 Å². The Morgan fingerprint density at radius 3 is 2.04 bits per heavy atom. The van der Waals surface area contributed by atoms with E-state index in [0.29, 0.717) is 11.1 Å². The number of hydrogen-bond donors (Lipinski definition) is 1. The monoisotopic (exact) mass is 327 g/mol. The molecule has 1 aromatic carbocycles. The first-order chi connectivity index (χ1) is 11.7. The lowest BCUT2D eigenvalue weighted by atomic mass is 9.89. The number of dihydropyridines is 1. The third-order valence-corrected chi connectivity index (χ3v) is 3.45. The first-order valence-corrected chi connectivity index (χ1v) is 7.91. The van der Waals surface area contributed by atoms with Crippen molar-refractivity contribution in [2.45, 2.75) is 13.8 Å². The summed E-state index contributed by atoms with van der Waals surface area (Å²) in [5.74, 6) is -1.44. The van der Waals surface area contributed by atoms with Crippen molar-refractivity contribution >= 4 is 18.0 Å². The number of hydrogen-bond acceptors (Lipinski definition) is 5. The Labute approximate surface area is 141 Å². The van der Waals surface area contributed by atoms with E-state index in [4.69, 9.17) is 9.47 Å². The van der Waals surface area contributed by atoms with Crippen LogP contribution in [-0.4, -0.2) is 25.2 Å². The number of nitrogens with one attached hydrogen (secondary N) is 1. The van der Waals surface area contributed by atoms with Gasteiger partial charge in [0.25, 0.3) is 0 Å². The molecule has 1 aliphatic rings. The molecule has 0 amide bonds. The first-order valence-electron chi connectivity index (χ1n) is 7.91. The highest BCUT2D eigenvalue weighted by Gasteiger charge is 2.30. The predicted molar refractivity (Wildman–Crippen MR) is 91.5 cm³/mol. The molecule has 0 unspecified atom stereocenters. The molecule has 0 fully saturated rings. The summed E-state index contributed by atoms with van der Waals surface area (Å²) in [6.45, 7) is 4.02. The first kappa shape index (κ1) is 17.5. The molecule has 1 aliphatic heterocycles. The van der Waals surface area contributed by atoms with E-state index in [1.165, 1.54) is 0 Å². The molecule has 0 saturated carbocycles. The molecule has 1 aromatic rings. The number of allylic oxidation sites excluding steroid dienone is 1. The number of carbonyl (C=O) groups excluding carboxylic acids is 2. The van der Waals surface area contributed by atoms with E-state index in [-0.39, 0.29) is 13.2 Å². The van der Waals surface area contributed by atoms with Crippen LogP contribution >= 0.6 is 0 Å². The smallest absolute Gasteiger partial charge is 0.336 e. The molecular weight excluding hydrogens is 306 g/mol. The van der Waals surface area contributed by atoms with Gasteiger partial charge in [0.05, 0.1) is 24.4 Å². The normalized spacial score (nSPS) is 14.6. The SMILES string of the molecule is CCOC(=O)C1=CNC=C(C(=O)OCC)C1/C=C/c1ccccc1. The fraction of sp³-hybridized carbons (Fsp3) is 0.263. The van der Waals surface area contributed by atoms with Crippen LogP contribution in [0.15, 0.2) is 60.0 Å². The zero-order chi connectivity index (χ0) is 17.4. The molecule has 126 valence electrons. The predicted octanol–water partition coefficient (Wildman–Crippen LogP) is 2.81. The minimum absolute atomic E-state index is 0.268. The molecular formula is C19H21NO4. The van der Waals surface area contributed by atoms with Crippen LogP contribution in [-0.2, 0) is 19.1 Å². The second kappa shape index (κ2) is 8.72. The van der Waals surface area contributed by atoms with E-state index < -0.39 is 17.9 Å². The van der Waals surface area contributed by atoms with Crippen LogP contribution in [0.3, 0.4) is 0 Å². The lowest BCUT2D eigenvalue weighted by molar-refractivity contribution is -0.139. The van der Waals surface area contributed by atoms with Gasteiger partial charge in [0.15, 0.2) is 0 Å². The maximum atomic E-state index is 12.2. The molecule has 0 spiro atoms. The van der Waals surface area contributed by atoms with E-state index >= 15 is 0 Å². The molecule has 0 aromatic heterocycles. The zero-order valence-corrected chi connectivity index (χ0v) is 13.8. The van der Waals surface area contributed by atoms with Crippen molar-refractivity contribution in [2.24, 2.45) is 5.92 Å². The van der Waals surface area contributed by atoms with Gasteiger partial charge in [0.1, 0.15) is 0 Å². The van der Waals surface area contributed by atoms with Crippen molar-refractivity contribution in [2.75, 3.05) is 13.2 Å². The molecule has 24 heavy (non-hydrogen) atoms. The molecule has 0 aliphatic carbocycles. The van der Waals surface area contributed by atoms with Crippen molar-refractivity contribution in [1.82, 2.24) is 5.32 Å². The molecule has 0 atom stereocenters. The Hall–Kier alpha value is -2.82. The molecule has 0 saturated heterocycles. The standard InChI is InChI=1S/C19H21NO4/c1-3-23-18(21)16-12-20-13-17(19(22)24-4-2)15(16)11-10-14-8-6-5-7-9-14/h5-13,15,20H,3-4H2,1-2H3/b11-10+. The van der Waals surface area contributed by atoms with Crippen LogP contribution in [0.4, 0.5) is 0 Å². The zero-order valence-electron chi connectivity index (χ0n) is 13.8. The fourth-order valence-corrected chi connectivity index (χ4v) is 2.35. The quantitative estimate of drug-likeness (QED) is 0.814. The maximum absolute atomic E-state index is 12.2. The minimum Gasteiger partial charge on any atom is -0.463 e. The summed E-state index contributed by atoms with van der Waals surface area (Å²) in [5, 5.41) is 2.83. The van der Waals surface area contributed by atoms with Crippen molar-refractivity contribution in [3.8, 4) is 0 Å². The largest absolute Gasteiger partial charge is 0.463 e. The molecule has 5 nitrogen and oxygen atoms in total. The van der Waals surface area contributed by atoms with Crippen LogP contribution in [0, 0.1) is 5.92 Å². The second-order valence-electron chi connectivity index (χ2n) is 5.05. The Balaban J connectivity index is 2.31. The van der Waals surface area contributed by atoms with Crippen LogP contribution in [0.1, 0.15) is 19.4 Å². The highest BCUT2D eigenvalue weighted by Crippen LogP contribution is 2.27. The summed E-state index contributed by atoms with van der Waals surface area (Å²) < 4.78 is 10.2. The number of esters is 2. The van der Waals surface area contributed by atoms with E-state index in [2.05, 4.69) is 5.32 Å². The van der Waals surface area contributed by atoms with E-state index in [1.54, 1.807) is 26.2 Å². The van der Waals surface area contributed by atoms with Crippen molar-refractivity contribution in [3.05, 3.63) is 65.5 Å². The summed E-state index contributed by atoms with van der Waals surface area (Å²) in [6.07, 6.45) is 6.79. The third-order valence-electron chi connectivity index (χ3n) is 3.45. The average molecular weight is 327 g/mol. The highest BCUT2D eigenvalue weighted by atomic mass is 16.5. The van der Waals surface area contributed by atoms with Crippen molar-refractivity contribution < 1.29 is 19.1 Å². The lowest BCUT2D eigenvalue weighted by Crippen LogP contribution is -2.27. The van der Waals surface area contributed by atoms with Gasteiger partial charge in [0, 0.05) is 18.3 Å². The second-order valence-corrected chi connectivity index (χ2v) is 5.05. The summed E-state index contributed by atoms with van der Waals surface area (Å²) >= 11 is 0. The Morgan fingerprint density at radius 2 is 1.54 bits per heavy atom. The van der Waals surface area contributed by atoms with E-state index in [0.717, 1.165) is 5.56 Å². The average Bonchev–Trinajstić information content (AvgIpc) is 2.61. The van der Waals surface area contributed by atoms with E-state index in [1.807, 2.05) is 42.5 Å². The van der Waals surface area contributed by atoms with Gasteiger partial charge in [0.2, 0.25) is 0 Å². The fourth-order valence-electron chi connectivity index (χ4n) is 2.35. The van der Waals surface area contributed by atoms with Gasteiger partial charge in [-0.05, 0) is 19.4 Å². The molecule has 1 N–H and O–H groups in total. The summed E-state index contributed by atoms with van der Waals surface area (Å²) in [5.41, 5.74) is 1.71. The minimum atomic E-state index is -0.524. The molecule has 1 heterocycles. The Kier molecular flexibility index (Phi) is 6.37. The highest BCUT2D eigenvalue weighted by molar-refractivity contribution is 5.97. The van der Waals surface area contributed by atoms with Gasteiger partial charge >= 0.3 is 11.9 Å². The number of carbonyl (C=O) groups is 2. The van der Waals surface area contributed by atoms with Gasteiger partial charge in [-0.1, -0.05) is 42.5 Å². The lowest BCUT2D eigenvalue weighted by Gasteiger charge is -2.22. The van der Waals surface area contributed by atoms with Crippen LogP contribution in [0.25, 0.3) is 6.08 Å². The van der Waals surface area contributed by atoms with Gasteiger partial charge < -0.3 is 14.8 Å². The Bertz CT molecular complexity index is 640. The molecule has 2 rings (SSSR count). The molecule has 0 radical (unpaired) electrons. The summed E-state index contributed by atoms with van der Waals surface area (Å²) in [6, 6.07) is 9.66. The van der Waals surface area contributed by atoms with E-state index in [9.17, 15) is 9.59 Å². The summed E-state index contributed by atoms with van der Waals surface area (Å²) in [4.78, 5) is 24.4. The summed E-state index contributed by atoms with van der Waals surface area (Å²) in [7, 11) is 0. The topological polar surface area (TPSA) is 64.6 Å². The van der Waals surface area contributed by atoms with Gasteiger partial charge in [-0.25, -0.2) is 9.59 Å². The van der Waals surface area contributed by atoms with Crippen LogP contribution in [0.2, 0.25) is 0 Å². The van der Waals surface area contributed by atoms with Crippen molar-refractivity contribution in [1.29, 1.82) is 0 Å². The van der Waals surface area contributed by atoms with Gasteiger partial charge in [-0.3, -0.25) is 0 Å². The number of rotatable bonds is 6. The maximum Gasteiger partial charge on any atom is 0.336 e. The number of ether oxygens (including phenoxy) is 2. The Morgan fingerprint density at radius 1 is 1.00 bits per heavy atom.